The third-order valence-electron chi connectivity index (χ3n) is 2.67. The zero-order chi connectivity index (χ0) is 12.0. The fourth-order valence-electron chi connectivity index (χ4n) is 1.73. The predicted octanol–water partition coefficient (Wildman–Crippen LogP) is 1.87. The van der Waals surface area contributed by atoms with Gasteiger partial charge in [-0.05, 0) is 31.8 Å². The van der Waals surface area contributed by atoms with E-state index in [1.54, 1.807) is 0 Å². The zero-order valence-electron chi connectivity index (χ0n) is 9.48. The summed E-state index contributed by atoms with van der Waals surface area (Å²) >= 11 is 0. The number of carbonyl (C=O) groups excluding carboxylic acids is 1. The molecule has 102 valence electrons. The molecule has 0 spiro atoms. The molecule has 0 aromatic rings. The summed E-state index contributed by atoms with van der Waals surface area (Å²) < 4.78 is 35.3. The van der Waals surface area contributed by atoms with E-state index in [-0.39, 0.29) is 24.9 Å². The number of hydrogen-bond acceptors (Lipinski definition) is 2. The Kier molecular flexibility index (Phi) is 7.54. The van der Waals surface area contributed by atoms with Crippen molar-refractivity contribution in [1.29, 1.82) is 0 Å². The van der Waals surface area contributed by atoms with Crippen LogP contribution in [-0.2, 0) is 4.79 Å². The summed E-state index contributed by atoms with van der Waals surface area (Å²) in [6.45, 7) is 1.57. The Morgan fingerprint density at radius 1 is 1.41 bits per heavy atom. The van der Waals surface area contributed by atoms with Gasteiger partial charge < -0.3 is 10.6 Å². The number of rotatable bonds is 5. The van der Waals surface area contributed by atoms with Gasteiger partial charge in [-0.2, -0.15) is 13.2 Å². The molecule has 3 nitrogen and oxygen atoms in total. The lowest BCUT2D eigenvalue weighted by atomic mass is 10.0. The van der Waals surface area contributed by atoms with Crippen LogP contribution in [0.25, 0.3) is 0 Å². The van der Waals surface area contributed by atoms with Crippen LogP contribution < -0.4 is 10.6 Å². The quantitative estimate of drug-likeness (QED) is 0.804. The molecule has 17 heavy (non-hydrogen) atoms. The van der Waals surface area contributed by atoms with Gasteiger partial charge in [-0.25, -0.2) is 0 Å². The highest BCUT2D eigenvalue weighted by atomic mass is 35.5. The van der Waals surface area contributed by atoms with Gasteiger partial charge in [-0.15, -0.1) is 12.4 Å². The number of carbonyl (C=O) groups is 1. The monoisotopic (exact) mass is 274 g/mol. The number of alkyl halides is 3. The maximum Gasteiger partial charge on any atom is 0.390 e. The molecule has 0 aromatic heterocycles. The van der Waals surface area contributed by atoms with Crippen LogP contribution in [0.5, 0.6) is 0 Å². The maximum absolute atomic E-state index is 11.8. The minimum Gasteiger partial charge on any atom is -0.356 e. The van der Waals surface area contributed by atoms with Gasteiger partial charge in [-0.3, -0.25) is 4.79 Å². The molecule has 0 aromatic carbocycles. The van der Waals surface area contributed by atoms with E-state index >= 15 is 0 Å². The molecule has 1 aliphatic heterocycles. The Morgan fingerprint density at radius 3 is 2.65 bits per heavy atom. The Balaban J connectivity index is 0.00000256. The molecule has 0 aliphatic carbocycles. The van der Waals surface area contributed by atoms with E-state index in [0.29, 0.717) is 12.3 Å². The minimum atomic E-state index is -4.19. The van der Waals surface area contributed by atoms with Crippen molar-refractivity contribution in [2.24, 2.45) is 5.92 Å². The summed E-state index contributed by atoms with van der Waals surface area (Å²) in [7, 11) is 0. The van der Waals surface area contributed by atoms with Gasteiger partial charge in [0.05, 0.1) is 6.42 Å². The molecule has 1 rings (SSSR count). The summed E-state index contributed by atoms with van der Waals surface area (Å²) in [5, 5.41) is 5.46. The average molecular weight is 275 g/mol. The molecule has 1 aliphatic rings. The topological polar surface area (TPSA) is 41.1 Å². The first-order valence-electron chi connectivity index (χ1n) is 5.51. The minimum absolute atomic E-state index is 0. The van der Waals surface area contributed by atoms with Crippen molar-refractivity contribution in [1.82, 2.24) is 10.6 Å². The van der Waals surface area contributed by atoms with E-state index < -0.39 is 12.6 Å². The van der Waals surface area contributed by atoms with Crippen LogP contribution in [0.3, 0.4) is 0 Å². The van der Waals surface area contributed by atoms with E-state index in [0.717, 1.165) is 25.9 Å². The van der Waals surface area contributed by atoms with Crippen LogP contribution in [0, 0.1) is 5.92 Å². The van der Waals surface area contributed by atoms with E-state index in [9.17, 15) is 18.0 Å². The Morgan fingerprint density at radius 2 is 2.12 bits per heavy atom. The van der Waals surface area contributed by atoms with Gasteiger partial charge >= 0.3 is 6.18 Å². The largest absolute Gasteiger partial charge is 0.390 e. The molecular formula is C10H18ClF3N2O. The standard InChI is InChI=1S/C10H17F3N2O.ClH/c11-10(12,13)4-6-15-9(16)2-1-8-3-5-14-7-8;/h8,14H,1-7H2,(H,15,16);1H. The SMILES string of the molecule is Cl.O=C(CCC1CCNC1)NCCC(F)(F)F. The van der Waals surface area contributed by atoms with Crippen LogP contribution in [-0.4, -0.2) is 31.7 Å². The number of amides is 1. The maximum atomic E-state index is 11.8. The second-order valence-electron chi connectivity index (χ2n) is 4.11. The zero-order valence-corrected chi connectivity index (χ0v) is 10.3. The van der Waals surface area contributed by atoms with Gasteiger partial charge in [-0.1, -0.05) is 0 Å². The third kappa shape index (κ3) is 8.26. The molecule has 0 saturated carbocycles. The molecule has 1 heterocycles. The lowest BCUT2D eigenvalue weighted by Crippen LogP contribution is -2.28. The lowest BCUT2D eigenvalue weighted by Gasteiger charge is -2.09. The van der Waals surface area contributed by atoms with E-state index in [2.05, 4.69) is 10.6 Å². The predicted molar refractivity (Wildman–Crippen MR) is 61.1 cm³/mol. The van der Waals surface area contributed by atoms with Gasteiger partial charge in [0.15, 0.2) is 0 Å². The van der Waals surface area contributed by atoms with Gasteiger partial charge in [0.1, 0.15) is 0 Å². The fraction of sp³-hybridized carbons (Fsp3) is 0.900. The first-order chi connectivity index (χ1) is 7.47. The second kappa shape index (κ2) is 7.76. The van der Waals surface area contributed by atoms with E-state index in [4.69, 9.17) is 0 Å². The normalized spacial score (nSPS) is 19.8. The Bertz CT molecular complexity index is 230. The van der Waals surface area contributed by atoms with Crippen LogP contribution in [0.4, 0.5) is 13.2 Å². The highest BCUT2D eigenvalue weighted by molar-refractivity contribution is 5.85. The van der Waals surface area contributed by atoms with Crippen molar-refractivity contribution in [2.75, 3.05) is 19.6 Å². The van der Waals surface area contributed by atoms with Crippen molar-refractivity contribution in [3.63, 3.8) is 0 Å². The smallest absolute Gasteiger partial charge is 0.356 e. The molecule has 1 atom stereocenters. The molecule has 0 radical (unpaired) electrons. The summed E-state index contributed by atoms with van der Waals surface area (Å²) in [5.74, 6) is 0.213. The Hall–Kier alpha value is -0.490. The molecule has 1 saturated heterocycles. The summed E-state index contributed by atoms with van der Waals surface area (Å²) in [6.07, 6.45) is -3.02. The van der Waals surface area contributed by atoms with Gasteiger partial charge in [0, 0.05) is 13.0 Å². The van der Waals surface area contributed by atoms with Crippen LogP contribution in [0.2, 0.25) is 0 Å². The van der Waals surface area contributed by atoms with E-state index in [1.807, 2.05) is 0 Å². The van der Waals surface area contributed by atoms with Crippen molar-refractivity contribution in [3.05, 3.63) is 0 Å². The van der Waals surface area contributed by atoms with Crippen LogP contribution in [0.1, 0.15) is 25.7 Å². The first-order valence-corrected chi connectivity index (χ1v) is 5.51. The molecule has 0 bridgehead atoms. The summed E-state index contributed by atoms with van der Waals surface area (Å²) in [5.41, 5.74) is 0. The lowest BCUT2D eigenvalue weighted by molar-refractivity contribution is -0.135. The van der Waals surface area contributed by atoms with Gasteiger partial charge in [0.25, 0.3) is 0 Å². The summed E-state index contributed by atoms with van der Waals surface area (Å²) in [4.78, 5) is 11.2. The third-order valence-corrected chi connectivity index (χ3v) is 2.67. The molecule has 7 heteroatoms. The van der Waals surface area contributed by atoms with E-state index in [1.165, 1.54) is 0 Å². The fourth-order valence-corrected chi connectivity index (χ4v) is 1.73. The molecule has 1 amide bonds. The second-order valence-corrected chi connectivity index (χ2v) is 4.11. The molecule has 1 fully saturated rings. The molecule has 1 unspecified atom stereocenters. The van der Waals surface area contributed by atoms with Gasteiger partial charge in [0.2, 0.25) is 5.91 Å². The number of nitrogens with one attached hydrogen (secondary N) is 2. The van der Waals surface area contributed by atoms with Crippen molar-refractivity contribution in [3.8, 4) is 0 Å². The number of halogens is 4. The highest BCUT2D eigenvalue weighted by Crippen LogP contribution is 2.18. The van der Waals surface area contributed by atoms with Crippen molar-refractivity contribution >= 4 is 18.3 Å². The highest BCUT2D eigenvalue weighted by Gasteiger charge is 2.26. The molecule has 2 N–H and O–H groups in total. The van der Waals surface area contributed by atoms with Crippen LogP contribution >= 0.6 is 12.4 Å². The Labute approximate surface area is 105 Å². The van der Waals surface area contributed by atoms with Crippen molar-refractivity contribution < 1.29 is 18.0 Å². The van der Waals surface area contributed by atoms with Crippen LogP contribution in [0.15, 0.2) is 0 Å². The van der Waals surface area contributed by atoms with Crippen molar-refractivity contribution in [2.45, 2.75) is 31.9 Å². The molecular weight excluding hydrogens is 257 g/mol. The first kappa shape index (κ1) is 16.5. The average Bonchev–Trinajstić information content (AvgIpc) is 2.65. The summed E-state index contributed by atoms with van der Waals surface area (Å²) in [6, 6.07) is 0. The number of hydrogen-bond donors (Lipinski definition) is 2.